The molecular formula is C19H29FN4O2. The second kappa shape index (κ2) is 10.1. The van der Waals surface area contributed by atoms with Crippen molar-refractivity contribution in [2.24, 2.45) is 4.99 Å². The van der Waals surface area contributed by atoms with Crippen LogP contribution >= 0.6 is 0 Å². The smallest absolute Gasteiger partial charge is 0.243 e. The molecule has 6 nitrogen and oxygen atoms in total. The first-order valence-corrected chi connectivity index (χ1v) is 9.01. The minimum Gasteiger partial charge on any atom is -0.376 e. The molecule has 1 saturated heterocycles. The molecule has 1 amide bonds. The molecule has 1 N–H and O–H groups in total. The summed E-state index contributed by atoms with van der Waals surface area (Å²) < 4.78 is 19.2. The van der Waals surface area contributed by atoms with E-state index in [-0.39, 0.29) is 24.4 Å². The van der Waals surface area contributed by atoms with E-state index in [0.717, 1.165) is 31.4 Å². The van der Waals surface area contributed by atoms with Crippen LogP contribution in [0.5, 0.6) is 0 Å². The summed E-state index contributed by atoms with van der Waals surface area (Å²) in [5.41, 5.74) is 0.842. The molecule has 1 aromatic rings. The van der Waals surface area contributed by atoms with Gasteiger partial charge in [-0.15, -0.1) is 0 Å². The first-order valence-electron chi connectivity index (χ1n) is 9.01. The van der Waals surface area contributed by atoms with Gasteiger partial charge in [0.25, 0.3) is 0 Å². The monoisotopic (exact) mass is 364 g/mol. The van der Waals surface area contributed by atoms with Gasteiger partial charge in [0.1, 0.15) is 12.4 Å². The fraction of sp³-hybridized carbons (Fsp3) is 0.579. The van der Waals surface area contributed by atoms with E-state index in [1.807, 2.05) is 18.0 Å². The number of amides is 1. The Kier molecular flexibility index (Phi) is 7.84. The van der Waals surface area contributed by atoms with E-state index in [4.69, 9.17) is 4.74 Å². The van der Waals surface area contributed by atoms with Crippen molar-refractivity contribution in [1.82, 2.24) is 15.1 Å². The van der Waals surface area contributed by atoms with Crippen molar-refractivity contribution >= 4 is 11.9 Å². The molecule has 0 bridgehead atoms. The summed E-state index contributed by atoms with van der Waals surface area (Å²) in [6, 6.07) is 6.48. The number of ether oxygens (including phenoxy) is 1. The highest BCUT2D eigenvalue weighted by Gasteiger charge is 2.16. The van der Waals surface area contributed by atoms with Crippen LogP contribution < -0.4 is 5.32 Å². The molecule has 26 heavy (non-hydrogen) atoms. The molecule has 1 aliphatic rings. The number of carbonyl (C=O) groups excluding carboxylic acids is 1. The molecule has 144 valence electrons. The average molecular weight is 364 g/mol. The Bertz CT molecular complexity index is 615. The lowest BCUT2D eigenvalue weighted by Crippen LogP contribution is -2.43. The summed E-state index contributed by atoms with van der Waals surface area (Å²) in [5.74, 6) is 0.275. The van der Waals surface area contributed by atoms with Gasteiger partial charge in [-0.2, -0.15) is 0 Å². The van der Waals surface area contributed by atoms with Gasteiger partial charge in [0.2, 0.25) is 5.91 Å². The molecule has 1 aromatic carbocycles. The zero-order valence-corrected chi connectivity index (χ0v) is 15.9. The number of likely N-dealkylation sites (N-methyl/N-ethyl adjacent to an activating group) is 1. The fourth-order valence-corrected chi connectivity index (χ4v) is 2.75. The van der Waals surface area contributed by atoms with Crippen LogP contribution in [0.15, 0.2) is 29.3 Å². The summed E-state index contributed by atoms with van der Waals surface area (Å²) in [6.45, 7) is 1.99. The highest BCUT2D eigenvalue weighted by atomic mass is 19.1. The number of hydrogen-bond donors (Lipinski definition) is 1. The predicted octanol–water partition coefficient (Wildman–Crippen LogP) is 1.86. The Balaban J connectivity index is 2.02. The maximum Gasteiger partial charge on any atom is 0.243 e. The van der Waals surface area contributed by atoms with Crippen LogP contribution in [0, 0.1) is 5.82 Å². The quantitative estimate of drug-likeness (QED) is 0.618. The van der Waals surface area contributed by atoms with Crippen molar-refractivity contribution in [3.63, 3.8) is 0 Å². The molecular weight excluding hydrogens is 335 g/mol. The van der Waals surface area contributed by atoms with Gasteiger partial charge in [-0.3, -0.25) is 4.79 Å². The molecule has 1 fully saturated rings. The summed E-state index contributed by atoms with van der Waals surface area (Å²) in [4.78, 5) is 19.7. The summed E-state index contributed by atoms with van der Waals surface area (Å²) >= 11 is 0. The molecule has 1 aliphatic heterocycles. The Labute approximate surface area is 155 Å². The van der Waals surface area contributed by atoms with Gasteiger partial charge in [-0.25, -0.2) is 9.38 Å². The lowest BCUT2D eigenvalue weighted by Gasteiger charge is -2.27. The van der Waals surface area contributed by atoms with Crippen molar-refractivity contribution < 1.29 is 13.9 Å². The minimum atomic E-state index is -0.263. The number of halogens is 1. The van der Waals surface area contributed by atoms with Gasteiger partial charge in [0.05, 0.1) is 6.10 Å². The lowest BCUT2D eigenvalue weighted by atomic mass is 10.1. The van der Waals surface area contributed by atoms with E-state index >= 15 is 0 Å². The Hall–Kier alpha value is -2.15. The highest BCUT2D eigenvalue weighted by molar-refractivity contribution is 5.84. The van der Waals surface area contributed by atoms with Crippen LogP contribution in [0.4, 0.5) is 4.39 Å². The highest BCUT2D eigenvalue weighted by Crippen LogP contribution is 2.12. The molecule has 1 atom stereocenters. The largest absolute Gasteiger partial charge is 0.376 e. The van der Waals surface area contributed by atoms with Crippen molar-refractivity contribution in [2.75, 3.05) is 40.8 Å². The van der Waals surface area contributed by atoms with Crippen LogP contribution in [0.2, 0.25) is 0 Å². The molecule has 1 unspecified atom stereocenters. The number of aliphatic imine (C=N–C) groups is 1. The van der Waals surface area contributed by atoms with E-state index in [1.54, 1.807) is 20.2 Å². The van der Waals surface area contributed by atoms with Gasteiger partial charge in [0.15, 0.2) is 5.96 Å². The number of nitrogens with one attached hydrogen (secondary N) is 1. The molecule has 7 heteroatoms. The topological polar surface area (TPSA) is 57.2 Å². The molecule has 0 spiro atoms. The van der Waals surface area contributed by atoms with Crippen LogP contribution in [0.1, 0.15) is 24.8 Å². The first-order chi connectivity index (χ1) is 12.5. The molecule has 2 rings (SSSR count). The van der Waals surface area contributed by atoms with E-state index in [1.165, 1.54) is 17.0 Å². The SMILES string of the molecule is CN(C)C(=O)CN=C(NCC1CCCCO1)N(C)Cc1cccc(F)c1. The standard InChI is InChI=1S/C19H29FN4O2/c1-23(2)18(25)13-22-19(21-12-17-9-4-5-10-26-17)24(3)14-15-7-6-8-16(20)11-15/h6-8,11,17H,4-5,9-10,12-14H2,1-3H3,(H,21,22). The number of guanidine groups is 1. The second-order valence-corrected chi connectivity index (χ2v) is 6.78. The van der Waals surface area contributed by atoms with Crippen LogP contribution in [0.3, 0.4) is 0 Å². The molecule has 0 radical (unpaired) electrons. The van der Waals surface area contributed by atoms with E-state index in [2.05, 4.69) is 10.3 Å². The molecule has 0 aliphatic carbocycles. The van der Waals surface area contributed by atoms with Gasteiger partial charge in [0, 0.05) is 40.8 Å². The third-order valence-electron chi connectivity index (χ3n) is 4.30. The van der Waals surface area contributed by atoms with Crippen molar-refractivity contribution in [2.45, 2.75) is 31.9 Å². The summed E-state index contributed by atoms with van der Waals surface area (Å²) in [6.07, 6.45) is 3.44. The lowest BCUT2D eigenvalue weighted by molar-refractivity contribution is -0.127. The Morgan fingerprint density at radius 1 is 1.35 bits per heavy atom. The predicted molar refractivity (Wildman–Crippen MR) is 100 cm³/mol. The van der Waals surface area contributed by atoms with Gasteiger partial charge in [-0.1, -0.05) is 12.1 Å². The Morgan fingerprint density at radius 3 is 2.81 bits per heavy atom. The van der Waals surface area contributed by atoms with Crippen molar-refractivity contribution in [3.8, 4) is 0 Å². The zero-order chi connectivity index (χ0) is 18.9. The number of hydrogen-bond acceptors (Lipinski definition) is 3. The molecule has 1 heterocycles. The second-order valence-electron chi connectivity index (χ2n) is 6.78. The van der Waals surface area contributed by atoms with E-state index in [9.17, 15) is 9.18 Å². The normalized spacial score (nSPS) is 17.7. The summed E-state index contributed by atoms with van der Waals surface area (Å²) in [5, 5.41) is 3.30. The Morgan fingerprint density at radius 2 is 2.15 bits per heavy atom. The fourth-order valence-electron chi connectivity index (χ4n) is 2.75. The number of carbonyl (C=O) groups is 1. The molecule has 0 saturated carbocycles. The van der Waals surface area contributed by atoms with Crippen molar-refractivity contribution in [3.05, 3.63) is 35.6 Å². The number of nitrogens with zero attached hydrogens (tertiary/aromatic N) is 3. The average Bonchev–Trinajstić information content (AvgIpc) is 2.62. The third-order valence-corrected chi connectivity index (χ3v) is 4.30. The van der Waals surface area contributed by atoms with Gasteiger partial charge in [-0.05, 0) is 37.0 Å². The van der Waals surface area contributed by atoms with Gasteiger partial charge < -0.3 is 19.9 Å². The maximum absolute atomic E-state index is 13.4. The third kappa shape index (κ3) is 6.63. The molecule has 0 aromatic heterocycles. The van der Waals surface area contributed by atoms with Crippen LogP contribution in [-0.4, -0.2) is 68.6 Å². The van der Waals surface area contributed by atoms with Crippen molar-refractivity contribution in [1.29, 1.82) is 0 Å². The zero-order valence-electron chi connectivity index (χ0n) is 15.9. The van der Waals surface area contributed by atoms with E-state index in [0.29, 0.717) is 19.0 Å². The van der Waals surface area contributed by atoms with Crippen LogP contribution in [-0.2, 0) is 16.1 Å². The summed E-state index contributed by atoms with van der Waals surface area (Å²) in [7, 11) is 5.28. The van der Waals surface area contributed by atoms with Gasteiger partial charge >= 0.3 is 0 Å². The number of benzene rings is 1. The maximum atomic E-state index is 13.4. The first kappa shape index (κ1) is 20.2. The minimum absolute atomic E-state index is 0.0638. The number of rotatable bonds is 6. The van der Waals surface area contributed by atoms with E-state index < -0.39 is 0 Å². The van der Waals surface area contributed by atoms with Crippen LogP contribution in [0.25, 0.3) is 0 Å².